The second-order valence-electron chi connectivity index (χ2n) is 4.06. The molecule has 0 aromatic carbocycles. The molecule has 0 aromatic heterocycles. The predicted molar refractivity (Wildman–Crippen MR) is 59.8 cm³/mol. The Morgan fingerprint density at radius 2 is 2.07 bits per heavy atom. The van der Waals surface area contributed by atoms with Crippen LogP contribution in [0.2, 0.25) is 0 Å². The van der Waals surface area contributed by atoms with Crippen LogP contribution in [0.4, 0.5) is 0 Å². The molecule has 88 valence electrons. The van der Waals surface area contributed by atoms with Gasteiger partial charge in [-0.2, -0.15) is 0 Å². The fourth-order valence-corrected chi connectivity index (χ4v) is 1.86. The van der Waals surface area contributed by atoms with Crippen LogP contribution < -0.4 is 10.6 Å². The molecule has 0 atom stereocenters. The number of hydrogen-bond acceptors (Lipinski definition) is 3. The summed E-state index contributed by atoms with van der Waals surface area (Å²) < 4.78 is 5.20. The van der Waals surface area contributed by atoms with Gasteiger partial charge in [0.15, 0.2) is 0 Å². The largest absolute Gasteiger partial charge is 0.370 e. The van der Waals surface area contributed by atoms with E-state index in [4.69, 9.17) is 4.74 Å². The van der Waals surface area contributed by atoms with Gasteiger partial charge in [0.1, 0.15) is 6.61 Å². The molecule has 1 fully saturated rings. The summed E-state index contributed by atoms with van der Waals surface area (Å²) in [4.78, 5) is 11.4. The van der Waals surface area contributed by atoms with Gasteiger partial charge in [-0.15, -0.1) is 0 Å². The quantitative estimate of drug-likeness (QED) is 0.639. The molecule has 0 spiro atoms. The molecule has 0 saturated heterocycles. The Hall–Kier alpha value is -0.610. The molecule has 0 unspecified atom stereocenters. The maximum Gasteiger partial charge on any atom is 0.246 e. The van der Waals surface area contributed by atoms with Crippen LogP contribution in [0, 0.1) is 0 Å². The van der Waals surface area contributed by atoms with Crippen LogP contribution in [0.15, 0.2) is 0 Å². The van der Waals surface area contributed by atoms with Crippen molar-refractivity contribution in [3.05, 3.63) is 0 Å². The highest BCUT2D eigenvalue weighted by atomic mass is 16.5. The summed E-state index contributed by atoms with van der Waals surface area (Å²) in [5, 5.41) is 5.98. The molecule has 0 bridgehead atoms. The van der Waals surface area contributed by atoms with Crippen molar-refractivity contribution < 1.29 is 9.53 Å². The monoisotopic (exact) mass is 214 g/mol. The SMILES string of the molecule is CNCCOCC(=O)NC1CCCCC1. The van der Waals surface area contributed by atoms with Crippen molar-refractivity contribution in [1.29, 1.82) is 0 Å². The van der Waals surface area contributed by atoms with Crippen molar-refractivity contribution in [1.82, 2.24) is 10.6 Å². The molecule has 1 aliphatic rings. The number of nitrogens with one attached hydrogen (secondary N) is 2. The lowest BCUT2D eigenvalue weighted by atomic mass is 9.95. The molecule has 0 radical (unpaired) electrons. The van der Waals surface area contributed by atoms with E-state index in [2.05, 4.69) is 10.6 Å². The van der Waals surface area contributed by atoms with Gasteiger partial charge < -0.3 is 15.4 Å². The van der Waals surface area contributed by atoms with Crippen LogP contribution in [0.1, 0.15) is 32.1 Å². The Bertz CT molecular complexity index is 179. The van der Waals surface area contributed by atoms with Crippen LogP contribution in [0.25, 0.3) is 0 Å². The lowest BCUT2D eigenvalue weighted by molar-refractivity contribution is -0.126. The van der Waals surface area contributed by atoms with E-state index in [0.29, 0.717) is 12.6 Å². The number of carbonyl (C=O) groups is 1. The van der Waals surface area contributed by atoms with Gasteiger partial charge in [0.05, 0.1) is 6.61 Å². The standard InChI is InChI=1S/C11H22N2O2/c1-12-7-8-15-9-11(14)13-10-5-3-2-4-6-10/h10,12H,2-9H2,1H3,(H,13,14). The Kier molecular flexibility index (Phi) is 6.36. The van der Waals surface area contributed by atoms with Crippen LogP contribution in [0.5, 0.6) is 0 Å². The van der Waals surface area contributed by atoms with Crippen LogP contribution in [-0.4, -0.2) is 38.8 Å². The van der Waals surface area contributed by atoms with Crippen molar-refractivity contribution >= 4 is 5.91 Å². The van der Waals surface area contributed by atoms with Gasteiger partial charge in [-0.05, 0) is 19.9 Å². The Morgan fingerprint density at radius 1 is 1.33 bits per heavy atom. The van der Waals surface area contributed by atoms with Crippen molar-refractivity contribution in [2.75, 3.05) is 26.8 Å². The van der Waals surface area contributed by atoms with Crippen LogP contribution >= 0.6 is 0 Å². The minimum Gasteiger partial charge on any atom is -0.370 e. The lowest BCUT2D eigenvalue weighted by Gasteiger charge is -2.22. The molecule has 1 aliphatic carbocycles. The fraction of sp³-hybridized carbons (Fsp3) is 0.909. The van der Waals surface area contributed by atoms with E-state index in [9.17, 15) is 4.79 Å². The molecule has 2 N–H and O–H groups in total. The molecule has 4 heteroatoms. The zero-order valence-electron chi connectivity index (χ0n) is 9.55. The second-order valence-corrected chi connectivity index (χ2v) is 4.06. The average Bonchev–Trinajstić information content (AvgIpc) is 2.26. The van der Waals surface area contributed by atoms with E-state index in [1.165, 1.54) is 19.3 Å². The summed E-state index contributed by atoms with van der Waals surface area (Å²) >= 11 is 0. The highest BCUT2D eigenvalue weighted by molar-refractivity contribution is 5.77. The van der Waals surface area contributed by atoms with E-state index in [1.807, 2.05) is 7.05 Å². The van der Waals surface area contributed by atoms with E-state index in [-0.39, 0.29) is 12.5 Å². The molecule has 0 heterocycles. The number of hydrogen-bond donors (Lipinski definition) is 2. The molecule has 1 amide bonds. The topological polar surface area (TPSA) is 50.4 Å². The summed E-state index contributed by atoms with van der Waals surface area (Å²) in [7, 11) is 1.87. The summed E-state index contributed by atoms with van der Waals surface area (Å²) in [6, 6.07) is 0.388. The maximum atomic E-state index is 11.4. The highest BCUT2D eigenvalue weighted by Gasteiger charge is 2.15. The van der Waals surface area contributed by atoms with Gasteiger partial charge >= 0.3 is 0 Å². The van der Waals surface area contributed by atoms with E-state index in [1.54, 1.807) is 0 Å². The van der Waals surface area contributed by atoms with Gasteiger partial charge in [-0.25, -0.2) is 0 Å². The summed E-state index contributed by atoms with van der Waals surface area (Å²) in [5.41, 5.74) is 0. The van der Waals surface area contributed by atoms with E-state index >= 15 is 0 Å². The summed E-state index contributed by atoms with van der Waals surface area (Å²) in [6.45, 7) is 1.57. The summed E-state index contributed by atoms with van der Waals surface area (Å²) in [6.07, 6.45) is 6.05. The number of ether oxygens (including phenoxy) is 1. The first kappa shape index (κ1) is 12.5. The van der Waals surface area contributed by atoms with Gasteiger partial charge in [0.2, 0.25) is 5.91 Å². The summed E-state index contributed by atoms with van der Waals surface area (Å²) in [5.74, 6) is 0.0259. The van der Waals surface area contributed by atoms with Gasteiger partial charge in [0, 0.05) is 12.6 Å². The molecule has 0 aliphatic heterocycles. The Labute approximate surface area is 91.8 Å². The number of rotatable bonds is 6. The van der Waals surface area contributed by atoms with Gasteiger partial charge in [-0.3, -0.25) is 4.79 Å². The number of amides is 1. The van der Waals surface area contributed by atoms with Gasteiger partial charge in [-0.1, -0.05) is 19.3 Å². The predicted octanol–water partition coefficient (Wildman–Crippen LogP) is 0.671. The molecular weight excluding hydrogens is 192 g/mol. The van der Waals surface area contributed by atoms with E-state index in [0.717, 1.165) is 19.4 Å². The zero-order valence-corrected chi connectivity index (χ0v) is 9.55. The highest BCUT2D eigenvalue weighted by Crippen LogP contribution is 2.17. The van der Waals surface area contributed by atoms with Crippen LogP contribution in [-0.2, 0) is 9.53 Å². The molecule has 0 aromatic rings. The third-order valence-electron chi connectivity index (χ3n) is 2.70. The normalized spacial score (nSPS) is 17.7. The Morgan fingerprint density at radius 3 is 2.73 bits per heavy atom. The molecule has 15 heavy (non-hydrogen) atoms. The van der Waals surface area contributed by atoms with Crippen LogP contribution in [0.3, 0.4) is 0 Å². The molecular formula is C11H22N2O2. The van der Waals surface area contributed by atoms with Gasteiger partial charge in [0.25, 0.3) is 0 Å². The lowest BCUT2D eigenvalue weighted by Crippen LogP contribution is -2.38. The van der Waals surface area contributed by atoms with E-state index < -0.39 is 0 Å². The molecule has 4 nitrogen and oxygen atoms in total. The smallest absolute Gasteiger partial charge is 0.246 e. The molecule has 1 rings (SSSR count). The van der Waals surface area contributed by atoms with Crippen molar-refractivity contribution in [3.63, 3.8) is 0 Å². The van der Waals surface area contributed by atoms with Crippen molar-refractivity contribution in [2.24, 2.45) is 0 Å². The minimum absolute atomic E-state index is 0.0259. The molecule has 1 saturated carbocycles. The zero-order chi connectivity index (χ0) is 10.9. The number of carbonyl (C=O) groups excluding carboxylic acids is 1. The van der Waals surface area contributed by atoms with Crippen molar-refractivity contribution in [2.45, 2.75) is 38.1 Å². The second kappa shape index (κ2) is 7.65. The average molecular weight is 214 g/mol. The first-order chi connectivity index (χ1) is 7.33. The first-order valence-electron chi connectivity index (χ1n) is 5.84. The fourth-order valence-electron chi connectivity index (χ4n) is 1.86. The first-order valence-corrected chi connectivity index (χ1v) is 5.84. The van der Waals surface area contributed by atoms with Crippen molar-refractivity contribution in [3.8, 4) is 0 Å². The Balaban J connectivity index is 2.01. The third-order valence-corrected chi connectivity index (χ3v) is 2.70. The minimum atomic E-state index is 0.0259. The third kappa shape index (κ3) is 5.74. The maximum absolute atomic E-state index is 11.4. The number of likely N-dealkylation sites (N-methyl/N-ethyl adjacent to an activating group) is 1.